The molecular weight excluding hydrogens is 110 g/mol. The molecule has 0 aliphatic heterocycles. The second-order valence-electron chi connectivity index (χ2n) is 0.523. The maximum absolute atomic E-state index is 9.37. The van der Waals surface area contributed by atoms with Crippen LogP contribution in [0, 0.1) is 37.7 Å². The molecule has 0 spiro atoms. The molecule has 1 amide bonds. The van der Waals surface area contributed by atoms with E-state index >= 15 is 0 Å². The number of amides is 1. The molecular formula is C2H5ArNO2. The van der Waals surface area contributed by atoms with Crippen molar-refractivity contribution >= 4 is 6.09 Å². The van der Waals surface area contributed by atoms with E-state index in [4.69, 9.17) is 0 Å². The van der Waals surface area contributed by atoms with Crippen molar-refractivity contribution in [3.05, 3.63) is 0 Å². The Morgan fingerprint density at radius 1 is 1.83 bits per heavy atom. The van der Waals surface area contributed by atoms with Gasteiger partial charge in [0.05, 0.1) is 7.11 Å². The van der Waals surface area contributed by atoms with E-state index in [0.717, 1.165) is 0 Å². The molecule has 0 saturated heterocycles. The van der Waals surface area contributed by atoms with Crippen molar-refractivity contribution in [3.63, 3.8) is 0 Å². The minimum absolute atomic E-state index is 0. The second kappa shape index (κ2) is 5.53. The van der Waals surface area contributed by atoms with Gasteiger partial charge in [-0.3, -0.25) is 0 Å². The second-order valence-corrected chi connectivity index (χ2v) is 0.523. The molecule has 0 unspecified atom stereocenters. The molecule has 0 aliphatic carbocycles. The van der Waals surface area contributed by atoms with Crippen LogP contribution in [0.3, 0.4) is 0 Å². The van der Waals surface area contributed by atoms with Gasteiger partial charge in [0.25, 0.3) is 0 Å². The molecule has 0 aromatic heterocycles. The van der Waals surface area contributed by atoms with Gasteiger partial charge in [0.15, 0.2) is 0 Å². The van der Waals surface area contributed by atoms with Crippen molar-refractivity contribution in [2.24, 2.45) is 5.73 Å². The average Bonchev–Trinajstić information content (AvgIpc) is 1.38. The summed E-state index contributed by atoms with van der Waals surface area (Å²) in [4.78, 5) is 9.37. The van der Waals surface area contributed by atoms with Gasteiger partial charge in [-0.15, -0.1) is 0 Å². The van der Waals surface area contributed by atoms with Gasteiger partial charge in [0, 0.05) is 37.7 Å². The Morgan fingerprint density at radius 2 is 2.00 bits per heavy atom. The van der Waals surface area contributed by atoms with Crippen molar-refractivity contribution < 1.29 is 47.3 Å². The molecule has 0 rings (SSSR count). The van der Waals surface area contributed by atoms with Crippen LogP contribution < -0.4 is 5.73 Å². The third-order valence-electron chi connectivity index (χ3n) is 0.201. The summed E-state index contributed by atoms with van der Waals surface area (Å²) in [5.74, 6) is 0. The van der Waals surface area contributed by atoms with Crippen molar-refractivity contribution in [3.8, 4) is 0 Å². The van der Waals surface area contributed by atoms with Crippen LogP contribution >= 0.6 is 0 Å². The van der Waals surface area contributed by atoms with Crippen LogP contribution in [0.15, 0.2) is 0 Å². The minimum atomic E-state index is -0.745. The zero-order chi connectivity index (χ0) is 4.28. The molecule has 3 nitrogen and oxygen atoms in total. The molecule has 0 aromatic rings. The normalized spacial score (nSPS) is 5.50. The average molecular weight is 115 g/mol. The molecule has 2 N–H and O–H groups in total. The summed E-state index contributed by atoms with van der Waals surface area (Å²) >= 11 is 0. The van der Waals surface area contributed by atoms with Crippen LogP contribution in [0.2, 0.25) is 0 Å². The van der Waals surface area contributed by atoms with E-state index in [0.29, 0.717) is 0 Å². The third kappa shape index (κ3) is 8.82. The van der Waals surface area contributed by atoms with Crippen molar-refractivity contribution in [1.82, 2.24) is 0 Å². The molecule has 0 fully saturated rings. The first kappa shape index (κ1) is 9.73. The quantitative estimate of drug-likeness (QED) is 0.471. The summed E-state index contributed by atoms with van der Waals surface area (Å²) in [6.07, 6.45) is -0.745. The molecule has 0 saturated carbocycles. The fourth-order valence-electron chi connectivity index (χ4n) is 0. The minimum Gasteiger partial charge on any atom is -0.453 e. The van der Waals surface area contributed by atoms with Crippen molar-refractivity contribution in [1.29, 1.82) is 0 Å². The van der Waals surface area contributed by atoms with E-state index in [2.05, 4.69) is 10.5 Å². The molecule has 6 heavy (non-hydrogen) atoms. The SMILES string of the molecule is COC(N)=O.[Ar]. The Balaban J connectivity index is 0. The maximum Gasteiger partial charge on any atom is 0.404 e. The van der Waals surface area contributed by atoms with E-state index < -0.39 is 6.09 Å². The van der Waals surface area contributed by atoms with E-state index in [1.807, 2.05) is 0 Å². The Labute approximate surface area is 65.8 Å². The molecule has 0 heterocycles. The number of primary amides is 1. The van der Waals surface area contributed by atoms with Crippen LogP contribution in [0.4, 0.5) is 4.79 Å². The monoisotopic (exact) mass is 115 g/mol. The fraction of sp³-hybridized carbons (Fsp3) is 0.500. The van der Waals surface area contributed by atoms with Crippen LogP contribution in [-0.2, 0) is 4.74 Å². The predicted octanol–water partition coefficient (Wildman–Crippen LogP) is -0.288. The summed E-state index contributed by atoms with van der Waals surface area (Å²) in [6.45, 7) is 0. The number of hydrogen-bond acceptors (Lipinski definition) is 2. The van der Waals surface area contributed by atoms with Crippen LogP contribution in [0.1, 0.15) is 0 Å². The van der Waals surface area contributed by atoms with Crippen LogP contribution in [-0.4, -0.2) is 13.2 Å². The standard InChI is InChI=1S/C2H5NO2.Ar/c1-5-2(3)4;/h1H3,(H2,3,4);. The van der Waals surface area contributed by atoms with Gasteiger partial charge in [-0.1, -0.05) is 0 Å². The van der Waals surface area contributed by atoms with Crippen molar-refractivity contribution in [2.45, 2.75) is 0 Å². The predicted molar refractivity (Wildman–Crippen MR) is 16.6 cm³/mol. The van der Waals surface area contributed by atoms with Crippen LogP contribution in [0.5, 0.6) is 0 Å². The number of methoxy groups -OCH3 is 1. The molecule has 0 atom stereocenters. The number of carbonyl (C=O) groups is 1. The summed E-state index contributed by atoms with van der Waals surface area (Å²) in [5.41, 5.74) is 4.43. The van der Waals surface area contributed by atoms with Gasteiger partial charge in [-0.05, 0) is 0 Å². The smallest absolute Gasteiger partial charge is 0.404 e. The summed E-state index contributed by atoms with van der Waals surface area (Å²) < 4.78 is 3.89. The first-order valence-electron chi connectivity index (χ1n) is 1.11. The van der Waals surface area contributed by atoms with Gasteiger partial charge < -0.3 is 10.5 Å². The Morgan fingerprint density at radius 3 is 2.00 bits per heavy atom. The molecule has 0 aromatic carbocycles. The van der Waals surface area contributed by atoms with Gasteiger partial charge in [-0.2, -0.15) is 0 Å². The largest absolute Gasteiger partial charge is 0.453 e. The third-order valence-corrected chi connectivity index (χ3v) is 0.201. The van der Waals surface area contributed by atoms with E-state index in [9.17, 15) is 4.79 Å². The summed E-state index contributed by atoms with van der Waals surface area (Å²) in [5, 5.41) is 0. The Bertz CT molecular complexity index is 46.8. The van der Waals surface area contributed by atoms with Crippen molar-refractivity contribution in [2.75, 3.05) is 7.11 Å². The van der Waals surface area contributed by atoms with Gasteiger partial charge in [0.2, 0.25) is 0 Å². The Kier molecular flexibility index (Phi) is 8.97. The molecule has 4 heteroatoms. The topological polar surface area (TPSA) is 52.3 Å². The number of hydrogen-bond donors (Lipinski definition) is 1. The van der Waals surface area contributed by atoms with E-state index in [1.165, 1.54) is 7.11 Å². The van der Waals surface area contributed by atoms with E-state index in [1.54, 1.807) is 0 Å². The first-order chi connectivity index (χ1) is 2.27. The number of carbonyl (C=O) groups excluding carboxylic acids is 1. The molecule has 0 radical (unpaired) electrons. The molecule has 0 bridgehead atoms. The summed E-state index contributed by atoms with van der Waals surface area (Å²) in [7, 11) is 1.22. The zero-order valence-electron chi connectivity index (χ0n) is 3.25. The first-order valence-corrected chi connectivity index (χ1v) is 1.11. The molecule has 0 aliphatic rings. The maximum atomic E-state index is 9.37. The zero-order valence-corrected chi connectivity index (χ0v) is 3.95. The van der Waals surface area contributed by atoms with Gasteiger partial charge in [-0.25, -0.2) is 4.79 Å². The number of rotatable bonds is 0. The van der Waals surface area contributed by atoms with Gasteiger partial charge in [0.1, 0.15) is 0 Å². The van der Waals surface area contributed by atoms with Gasteiger partial charge >= 0.3 is 6.09 Å². The number of ether oxygens (including phenoxy) is 1. The number of nitrogens with two attached hydrogens (primary N) is 1. The van der Waals surface area contributed by atoms with E-state index in [-0.39, 0.29) is 37.7 Å². The molecule has 38 valence electrons. The fourth-order valence-corrected chi connectivity index (χ4v) is 0. The summed E-state index contributed by atoms with van der Waals surface area (Å²) in [6, 6.07) is 0. The van der Waals surface area contributed by atoms with Crippen LogP contribution in [0.25, 0.3) is 0 Å². The Hall–Kier alpha value is 0.530.